The van der Waals surface area contributed by atoms with Gasteiger partial charge < -0.3 is 14.8 Å². The van der Waals surface area contributed by atoms with E-state index in [-0.39, 0.29) is 5.60 Å². The van der Waals surface area contributed by atoms with Crippen molar-refractivity contribution in [2.75, 3.05) is 26.3 Å². The van der Waals surface area contributed by atoms with Gasteiger partial charge in [0.1, 0.15) is 0 Å². The molecule has 1 atom stereocenters. The van der Waals surface area contributed by atoms with Crippen molar-refractivity contribution in [1.29, 1.82) is 0 Å². The minimum absolute atomic E-state index is 0.142. The molecule has 0 unspecified atom stereocenters. The molecule has 0 saturated carbocycles. The van der Waals surface area contributed by atoms with E-state index >= 15 is 0 Å². The molecule has 0 aliphatic carbocycles. The molecule has 0 amide bonds. The molecule has 1 N–H and O–H groups in total. The van der Waals surface area contributed by atoms with Crippen LogP contribution in [-0.4, -0.2) is 36.9 Å². The van der Waals surface area contributed by atoms with Gasteiger partial charge >= 0.3 is 0 Å². The zero-order chi connectivity index (χ0) is 13.7. The molecule has 3 heterocycles. The van der Waals surface area contributed by atoms with E-state index < -0.39 is 0 Å². The average molecular weight is 276 g/mol. The summed E-state index contributed by atoms with van der Waals surface area (Å²) in [4.78, 5) is 4.10. The van der Waals surface area contributed by atoms with E-state index in [4.69, 9.17) is 9.47 Å². The molecule has 1 aromatic rings. The second kappa shape index (κ2) is 6.66. The zero-order valence-corrected chi connectivity index (χ0v) is 12.0. The largest absolute Gasteiger partial charge is 0.377 e. The van der Waals surface area contributed by atoms with Crippen LogP contribution in [0.5, 0.6) is 0 Å². The van der Waals surface area contributed by atoms with Gasteiger partial charge in [-0.15, -0.1) is 0 Å². The number of nitrogens with zero attached hydrogens (tertiary/aromatic N) is 1. The van der Waals surface area contributed by atoms with Crippen molar-refractivity contribution in [2.45, 2.75) is 37.9 Å². The molecule has 2 fully saturated rings. The van der Waals surface area contributed by atoms with Gasteiger partial charge in [0.05, 0.1) is 12.2 Å². The number of hydrogen-bond donors (Lipinski definition) is 1. The Labute approximate surface area is 120 Å². The molecule has 4 nitrogen and oxygen atoms in total. The van der Waals surface area contributed by atoms with Crippen LogP contribution in [0.1, 0.15) is 31.2 Å². The Morgan fingerprint density at radius 2 is 2.30 bits per heavy atom. The van der Waals surface area contributed by atoms with Crippen molar-refractivity contribution in [2.24, 2.45) is 5.92 Å². The Bertz CT molecular complexity index is 404. The number of ether oxygens (including phenoxy) is 2. The third-order valence-electron chi connectivity index (χ3n) is 4.65. The van der Waals surface area contributed by atoms with Crippen molar-refractivity contribution >= 4 is 0 Å². The molecule has 1 aromatic heterocycles. The predicted octanol–water partition coefficient (Wildman–Crippen LogP) is 2.15. The van der Waals surface area contributed by atoms with Gasteiger partial charge in [-0.05, 0) is 56.3 Å². The first-order valence-corrected chi connectivity index (χ1v) is 7.70. The lowest BCUT2D eigenvalue weighted by Crippen LogP contribution is -2.46. The summed E-state index contributed by atoms with van der Waals surface area (Å²) in [6.45, 7) is 4.58. The normalized spacial score (nSPS) is 25.1. The topological polar surface area (TPSA) is 43.4 Å². The summed E-state index contributed by atoms with van der Waals surface area (Å²) in [6, 6.07) is 4.01. The van der Waals surface area contributed by atoms with Crippen LogP contribution >= 0.6 is 0 Å². The first-order chi connectivity index (χ1) is 9.89. The zero-order valence-electron chi connectivity index (χ0n) is 12.0. The van der Waals surface area contributed by atoms with Crippen LogP contribution < -0.4 is 5.32 Å². The molecule has 1 spiro atoms. The molecular weight excluding hydrogens is 252 g/mol. The molecule has 20 heavy (non-hydrogen) atoms. The Balaban J connectivity index is 1.43. The smallest absolute Gasteiger partial charge is 0.0736 e. The SMILES string of the molecule is c1cncc(COCC[C@@H]2CCOC23CCNCC3)c1. The second-order valence-corrected chi connectivity index (χ2v) is 5.85. The fraction of sp³-hybridized carbons (Fsp3) is 0.688. The fourth-order valence-electron chi connectivity index (χ4n) is 3.49. The van der Waals surface area contributed by atoms with Gasteiger partial charge in [0.15, 0.2) is 0 Å². The standard InChI is InChI=1S/C16H24N2O2/c1-2-14(12-18-7-1)13-19-10-3-15-4-11-20-16(15)5-8-17-9-6-16/h1-2,7,12,15,17H,3-6,8-11,13H2/t15-/m1/s1. The predicted molar refractivity (Wildman–Crippen MR) is 77.4 cm³/mol. The summed E-state index contributed by atoms with van der Waals surface area (Å²) in [5.41, 5.74) is 1.29. The molecule has 3 rings (SSSR count). The highest BCUT2D eigenvalue weighted by Gasteiger charge is 2.44. The Morgan fingerprint density at radius 1 is 1.40 bits per heavy atom. The number of nitrogens with one attached hydrogen (secondary N) is 1. The van der Waals surface area contributed by atoms with E-state index in [0.29, 0.717) is 12.5 Å². The maximum absolute atomic E-state index is 6.10. The minimum Gasteiger partial charge on any atom is -0.377 e. The van der Waals surface area contributed by atoms with Crippen molar-refractivity contribution in [3.8, 4) is 0 Å². The van der Waals surface area contributed by atoms with Gasteiger partial charge in [0, 0.05) is 25.6 Å². The highest BCUT2D eigenvalue weighted by Crippen LogP contribution is 2.40. The van der Waals surface area contributed by atoms with Gasteiger partial charge in [-0.3, -0.25) is 4.98 Å². The van der Waals surface area contributed by atoms with Gasteiger partial charge in [0.2, 0.25) is 0 Å². The lowest BCUT2D eigenvalue weighted by Gasteiger charge is -2.38. The molecule has 2 aliphatic rings. The Kier molecular flexibility index (Phi) is 4.65. The van der Waals surface area contributed by atoms with Crippen LogP contribution in [0, 0.1) is 5.92 Å². The number of piperidine rings is 1. The van der Waals surface area contributed by atoms with E-state index in [2.05, 4.69) is 16.4 Å². The van der Waals surface area contributed by atoms with Crippen LogP contribution in [-0.2, 0) is 16.1 Å². The Hall–Kier alpha value is -0.970. The number of pyridine rings is 1. The van der Waals surface area contributed by atoms with Crippen LogP contribution in [0.4, 0.5) is 0 Å². The second-order valence-electron chi connectivity index (χ2n) is 5.85. The molecule has 4 heteroatoms. The summed E-state index contributed by atoms with van der Waals surface area (Å²) in [7, 11) is 0. The first-order valence-electron chi connectivity index (χ1n) is 7.70. The summed E-state index contributed by atoms with van der Waals surface area (Å²) in [5.74, 6) is 0.665. The molecular formula is C16H24N2O2. The summed E-state index contributed by atoms with van der Waals surface area (Å²) in [5, 5.41) is 3.43. The van der Waals surface area contributed by atoms with Crippen LogP contribution in [0.3, 0.4) is 0 Å². The average Bonchev–Trinajstić information content (AvgIpc) is 2.88. The maximum atomic E-state index is 6.10. The highest BCUT2D eigenvalue weighted by atomic mass is 16.5. The molecule has 110 valence electrons. The van der Waals surface area contributed by atoms with E-state index in [1.54, 1.807) is 6.20 Å². The van der Waals surface area contributed by atoms with Crippen molar-refractivity contribution in [3.63, 3.8) is 0 Å². The van der Waals surface area contributed by atoms with E-state index in [0.717, 1.165) is 51.1 Å². The lowest BCUT2D eigenvalue weighted by atomic mass is 9.78. The minimum atomic E-state index is 0.142. The highest BCUT2D eigenvalue weighted by molar-refractivity contribution is 5.06. The number of rotatable bonds is 5. The summed E-state index contributed by atoms with van der Waals surface area (Å²) in [6.07, 6.45) is 8.27. The first kappa shape index (κ1) is 14.0. The number of aromatic nitrogens is 1. The lowest BCUT2D eigenvalue weighted by molar-refractivity contribution is -0.0515. The van der Waals surface area contributed by atoms with Gasteiger partial charge in [-0.2, -0.15) is 0 Å². The maximum Gasteiger partial charge on any atom is 0.0736 e. The molecule has 2 saturated heterocycles. The monoisotopic (exact) mass is 276 g/mol. The van der Waals surface area contributed by atoms with Crippen molar-refractivity contribution in [1.82, 2.24) is 10.3 Å². The van der Waals surface area contributed by atoms with Crippen molar-refractivity contribution in [3.05, 3.63) is 30.1 Å². The van der Waals surface area contributed by atoms with Gasteiger partial charge in [0.25, 0.3) is 0 Å². The van der Waals surface area contributed by atoms with Crippen LogP contribution in [0.15, 0.2) is 24.5 Å². The van der Waals surface area contributed by atoms with Crippen LogP contribution in [0.25, 0.3) is 0 Å². The van der Waals surface area contributed by atoms with Crippen LogP contribution in [0.2, 0.25) is 0 Å². The summed E-state index contributed by atoms with van der Waals surface area (Å²) < 4.78 is 11.9. The van der Waals surface area contributed by atoms with E-state index in [9.17, 15) is 0 Å². The third-order valence-corrected chi connectivity index (χ3v) is 4.65. The number of hydrogen-bond acceptors (Lipinski definition) is 4. The Morgan fingerprint density at radius 3 is 3.10 bits per heavy atom. The molecule has 0 bridgehead atoms. The van der Waals surface area contributed by atoms with E-state index in [1.807, 2.05) is 12.3 Å². The third kappa shape index (κ3) is 3.19. The molecule has 0 aromatic carbocycles. The van der Waals surface area contributed by atoms with Gasteiger partial charge in [-0.1, -0.05) is 6.07 Å². The molecule has 0 radical (unpaired) electrons. The van der Waals surface area contributed by atoms with Gasteiger partial charge in [-0.25, -0.2) is 0 Å². The van der Waals surface area contributed by atoms with Crippen molar-refractivity contribution < 1.29 is 9.47 Å². The molecule has 2 aliphatic heterocycles. The summed E-state index contributed by atoms with van der Waals surface area (Å²) >= 11 is 0. The van der Waals surface area contributed by atoms with E-state index in [1.165, 1.54) is 6.42 Å². The quantitative estimate of drug-likeness (QED) is 0.837. The fourth-order valence-corrected chi connectivity index (χ4v) is 3.49.